The average Bonchev–Trinajstić information content (AvgIpc) is 2.80. The van der Waals surface area contributed by atoms with Gasteiger partial charge in [-0.2, -0.15) is 0 Å². The number of piperazine rings is 1. The number of aromatic nitrogens is 3. The molecule has 2 aromatic heterocycles. The summed E-state index contributed by atoms with van der Waals surface area (Å²) in [6, 6.07) is 17.7. The van der Waals surface area contributed by atoms with Gasteiger partial charge < -0.3 is 10.0 Å². The molecule has 4 aromatic rings. The van der Waals surface area contributed by atoms with Gasteiger partial charge >= 0.3 is 0 Å². The molecule has 6 heteroatoms. The molecule has 0 radical (unpaired) electrons. The van der Waals surface area contributed by atoms with E-state index in [-0.39, 0.29) is 5.75 Å². The Balaban J connectivity index is 1.45. The molecule has 0 atom stereocenters. The van der Waals surface area contributed by atoms with Gasteiger partial charge in [-0.1, -0.05) is 24.3 Å². The number of nitrogens with zero attached hydrogens (tertiary/aromatic N) is 5. The minimum atomic E-state index is 0.195. The number of para-hydroxylation sites is 1. The summed E-state index contributed by atoms with van der Waals surface area (Å²) in [5, 5.41) is 11.4. The van der Waals surface area contributed by atoms with Gasteiger partial charge in [0.25, 0.3) is 0 Å². The molecule has 1 saturated heterocycles. The fraction of sp³-hybridized carbons (Fsp3) is 0.269. The minimum absolute atomic E-state index is 0.195. The average molecular weight is 426 g/mol. The molecule has 3 heterocycles. The molecular formula is C26H27N5O. The minimum Gasteiger partial charge on any atom is -0.507 e. The van der Waals surface area contributed by atoms with Crippen LogP contribution in [-0.2, 0) is 6.54 Å². The van der Waals surface area contributed by atoms with E-state index in [2.05, 4.69) is 52.9 Å². The molecule has 0 unspecified atom stereocenters. The number of rotatable bonds is 4. The van der Waals surface area contributed by atoms with Crippen LogP contribution in [0.2, 0.25) is 0 Å². The molecule has 162 valence electrons. The molecule has 32 heavy (non-hydrogen) atoms. The van der Waals surface area contributed by atoms with E-state index in [4.69, 9.17) is 9.97 Å². The van der Waals surface area contributed by atoms with E-state index in [1.807, 2.05) is 30.5 Å². The van der Waals surface area contributed by atoms with Crippen LogP contribution < -0.4 is 4.90 Å². The first-order valence-corrected chi connectivity index (χ1v) is 11.0. The van der Waals surface area contributed by atoms with Crippen LogP contribution in [0.1, 0.15) is 16.8 Å². The quantitative estimate of drug-likeness (QED) is 0.525. The molecule has 0 aliphatic carbocycles. The highest BCUT2D eigenvalue weighted by atomic mass is 16.3. The third-order valence-electron chi connectivity index (χ3n) is 6.14. The van der Waals surface area contributed by atoms with E-state index in [1.165, 1.54) is 5.56 Å². The van der Waals surface area contributed by atoms with Crippen molar-refractivity contribution in [3.63, 3.8) is 0 Å². The smallest absolute Gasteiger partial charge is 0.165 e. The fourth-order valence-corrected chi connectivity index (χ4v) is 4.26. The van der Waals surface area contributed by atoms with Gasteiger partial charge in [0.05, 0.1) is 16.8 Å². The zero-order chi connectivity index (χ0) is 22.1. The lowest BCUT2D eigenvalue weighted by Gasteiger charge is -2.36. The van der Waals surface area contributed by atoms with Crippen LogP contribution in [0.3, 0.4) is 0 Å². The Bertz CT molecular complexity index is 1260. The van der Waals surface area contributed by atoms with Crippen LogP contribution in [-0.4, -0.2) is 51.1 Å². The number of aryl methyl sites for hydroxylation is 2. The number of phenols is 1. The number of phenolic OH excluding ortho intramolecular Hbond substituents is 1. The Morgan fingerprint density at radius 3 is 2.50 bits per heavy atom. The van der Waals surface area contributed by atoms with Gasteiger partial charge in [0.15, 0.2) is 5.82 Å². The number of hydrogen-bond acceptors (Lipinski definition) is 6. The van der Waals surface area contributed by atoms with Gasteiger partial charge in [0.1, 0.15) is 11.6 Å². The highest BCUT2D eigenvalue weighted by Gasteiger charge is 2.22. The molecule has 1 aliphatic rings. The summed E-state index contributed by atoms with van der Waals surface area (Å²) in [4.78, 5) is 19.1. The van der Waals surface area contributed by atoms with Crippen molar-refractivity contribution < 1.29 is 5.11 Å². The summed E-state index contributed by atoms with van der Waals surface area (Å²) in [5.74, 6) is 1.69. The van der Waals surface area contributed by atoms with Gasteiger partial charge in [-0.3, -0.25) is 9.88 Å². The zero-order valence-corrected chi connectivity index (χ0v) is 18.5. The van der Waals surface area contributed by atoms with Gasteiger partial charge in [0, 0.05) is 44.3 Å². The maximum atomic E-state index is 10.4. The molecule has 1 fully saturated rings. The van der Waals surface area contributed by atoms with Crippen LogP contribution in [0.15, 0.2) is 60.8 Å². The maximum absolute atomic E-state index is 10.4. The first-order valence-electron chi connectivity index (χ1n) is 11.0. The summed E-state index contributed by atoms with van der Waals surface area (Å²) < 4.78 is 0. The monoisotopic (exact) mass is 425 g/mol. The van der Waals surface area contributed by atoms with Gasteiger partial charge in [-0.25, -0.2) is 9.97 Å². The summed E-state index contributed by atoms with van der Waals surface area (Å²) in [5.41, 5.74) is 5.09. The summed E-state index contributed by atoms with van der Waals surface area (Å²) in [7, 11) is 0. The number of benzene rings is 2. The van der Waals surface area contributed by atoms with Gasteiger partial charge in [-0.05, 0) is 55.3 Å². The molecule has 0 bridgehead atoms. The Hall–Kier alpha value is -3.51. The highest BCUT2D eigenvalue weighted by molar-refractivity contribution is 5.92. The van der Waals surface area contributed by atoms with Crippen molar-refractivity contribution >= 4 is 16.7 Å². The van der Waals surface area contributed by atoms with E-state index in [0.29, 0.717) is 11.4 Å². The van der Waals surface area contributed by atoms with Crippen molar-refractivity contribution in [2.24, 2.45) is 0 Å². The zero-order valence-electron chi connectivity index (χ0n) is 18.5. The van der Waals surface area contributed by atoms with Crippen molar-refractivity contribution in [3.05, 3.63) is 77.6 Å². The number of aromatic hydroxyl groups is 1. The molecule has 0 spiro atoms. The normalized spacial score (nSPS) is 14.8. The molecule has 0 saturated carbocycles. The van der Waals surface area contributed by atoms with Crippen LogP contribution in [0.4, 0.5) is 5.82 Å². The molecule has 5 rings (SSSR count). The van der Waals surface area contributed by atoms with Crippen LogP contribution in [0, 0.1) is 13.8 Å². The number of pyridine rings is 1. The predicted octanol–water partition coefficient (Wildman–Crippen LogP) is 4.34. The van der Waals surface area contributed by atoms with Crippen molar-refractivity contribution in [2.75, 3.05) is 31.1 Å². The summed E-state index contributed by atoms with van der Waals surface area (Å²) in [6.07, 6.45) is 1.87. The molecule has 6 nitrogen and oxygen atoms in total. The Morgan fingerprint density at radius 1 is 0.906 bits per heavy atom. The van der Waals surface area contributed by atoms with Gasteiger partial charge in [0.2, 0.25) is 0 Å². The molecule has 1 N–H and O–H groups in total. The Morgan fingerprint density at radius 2 is 1.72 bits per heavy atom. The van der Waals surface area contributed by atoms with Crippen molar-refractivity contribution in [3.8, 4) is 17.1 Å². The topological polar surface area (TPSA) is 65.4 Å². The van der Waals surface area contributed by atoms with E-state index < -0.39 is 0 Å². The molecule has 0 amide bonds. The van der Waals surface area contributed by atoms with Crippen LogP contribution in [0.5, 0.6) is 5.75 Å². The lowest BCUT2D eigenvalue weighted by atomic mass is 10.1. The summed E-state index contributed by atoms with van der Waals surface area (Å²) >= 11 is 0. The first-order chi connectivity index (χ1) is 15.6. The SMILES string of the molecule is Cc1ccc2c(N3CCN(Cc4ncccc4C)CC3)nc(-c3ccccc3O)nc2c1. The third-order valence-corrected chi connectivity index (χ3v) is 6.14. The number of anilines is 1. The Kier molecular flexibility index (Phi) is 5.45. The van der Waals surface area contributed by atoms with E-state index >= 15 is 0 Å². The lowest BCUT2D eigenvalue weighted by molar-refractivity contribution is 0.246. The molecular weight excluding hydrogens is 398 g/mol. The van der Waals surface area contributed by atoms with Gasteiger partial charge in [-0.15, -0.1) is 0 Å². The van der Waals surface area contributed by atoms with E-state index in [9.17, 15) is 5.11 Å². The fourth-order valence-electron chi connectivity index (χ4n) is 4.26. The van der Waals surface area contributed by atoms with Crippen molar-refractivity contribution in [2.45, 2.75) is 20.4 Å². The van der Waals surface area contributed by atoms with E-state index in [0.717, 1.165) is 60.7 Å². The molecule has 1 aliphatic heterocycles. The van der Waals surface area contributed by atoms with E-state index in [1.54, 1.807) is 6.07 Å². The molecule has 2 aromatic carbocycles. The first kappa shape index (κ1) is 20.4. The third kappa shape index (κ3) is 4.01. The summed E-state index contributed by atoms with van der Waals surface area (Å²) in [6.45, 7) is 8.71. The van der Waals surface area contributed by atoms with Crippen molar-refractivity contribution in [1.82, 2.24) is 19.9 Å². The van der Waals surface area contributed by atoms with Crippen LogP contribution in [0.25, 0.3) is 22.3 Å². The van der Waals surface area contributed by atoms with Crippen LogP contribution >= 0.6 is 0 Å². The standard InChI is InChI=1S/C26H27N5O/c1-18-9-10-20-22(16-18)28-25(21-7-3-4-8-24(21)32)29-26(20)31-14-12-30(13-15-31)17-23-19(2)6-5-11-27-23/h3-11,16,32H,12-15,17H2,1-2H3. The number of hydrogen-bond donors (Lipinski definition) is 1. The largest absolute Gasteiger partial charge is 0.507 e. The maximum Gasteiger partial charge on any atom is 0.165 e. The highest BCUT2D eigenvalue weighted by Crippen LogP contribution is 2.32. The predicted molar refractivity (Wildman–Crippen MR) is 128 cm³/mol. The second-order valence-electron chi connectivity index (χ2n) is 8.44. The lowest BCUT2D eigenvalue weighted by Crippen LogP contribution is -2.46. The Labute approximate surface area is 188 Å². The second-order valence-corrected chi connectivity index (χ2v) is 8.44. The second kappa shape index (κ2) is 8.55. The number of fused-ring (bicyclic) bond motifs is 1. The van der Waals surface area contributed by atoms with Crippen molar-refractivity contribution in [1.29, 1.82) is 0 Å².